The molecule has 18 heavy (non-hydrogen) atoms. The molecular formula is C13H15NO3S. The van der Waals surface area contributed by atoms with E-state index >= 15 is 0 Å². The summed E-state index contributed by atoms with van der Waals surface area (Å²) in [7, 11) is 0. The summed E-state index contributed by atoms with van der Waals surface area (Å²) >= 11 is 1.56. The van der Waals surface area contributed by atoms with Crippen LogP contribution in [0.4, 0.5) is 0 Å². The molecule has 0 radical (unpaired) electrons. The minimum atomic E-state index is -0.665. The smallest absolute Gasteiger partial charge is 0.225 e. The van der Waals surface area contributed by atoms with Gasteiger partial charge in [-0.15, -0.1) is 11.3 Å². The van der Waals surface area contributed by atoms with Crippen molar-refractivity contribution in [3.8, 4) is 0 Å². The summed E-state index contributed by atoms with van der Waals surface area (Å²) in [6.07, 6.45) is 1.70. The van der Waals surface area contributed by atoms with E-state index < -0.39 is 6.10 Å². The predicted octanol–water partition coefficient (Wildman–Crippen LogP) is 2.12. The van der Waals surface area contributed by atoms with Gasteiger partial charge in [-0.05, 0) is 30.0 Å². The summed E-state index contributed by atoms with van der Waals surface area (Å²) < 4.78 is 5.08. The van der Waals surface area contributed by atoms with E-state index in [0.29, 0.717) is 25.1 Å². The number of aliphatic hydroxyl groups is 1. The lowest BCUT2D eigenvalue weighted by molar-refractivity contribution is -0.120. The molecule has 5 heteroatoms. The average molecular weight is 265 g/mol. The molecule has 0 saturated carbocycles. The second kappa shape index (κ2) is 6.37. The second-order valence-corrected chi connectivity index (χ2v) is 4.96. The summed E-state index contributed by atoms with van der Waals surface area (Å²) in [6.45, 7) is 0.437. The van der Waals surface area contributed by atoms with E-state index in [4.69, 9.17) is 4.42 Å². The third-order valence-corrected chi connectivity index (χ3v) is 3.40. The Bertz CT molecular complexity index is 464. The van der Waals surface area contributed by atoms with E-state index in [1.807, 2.05) is 17.5 Å². The first kappa shape index (κ1) is 12.9. The third kappa shape index (κ3) is 3.72. The van der Waals surface area contributed by atoms with Gasteiger partial charge < -0.3 is 14.8 Å². The van der Waals surface area contributed by atoms with Crippen LogP contribution in [0.2, 0.25) is 0 Å². The molecular weight excluding hydrogens is 250 g/mol. The fourth-order valence-corrected chi connectivity index (χ4v) is 2.31. The maximum absolute atomic E-state index is 11.6. The topological polar surface area (TPSA) is 62.5 Å². The molecule has 96 valence electrons. The van der Waals surface area contributed by atoms with Gasteiger partial charge in [0.05, 0.1) is 12.7 Å². The average Bonchev–Trinajstić information content (AvgIpc) is 3.00. The monoisotopic (exact) mass is 265 g/mol. The Labute approximate surface area is 109 Å². The second-order valence-electron chi connectivity index (χ2n) is 3.93. The summed E-state index contributed by atoms with van der Waals surface area (Å²) in [6, 6.07) is 7.31. The van der Waals surface area contributed by atoms with Crippen molar-refractivity contribution in [2.45, 2.75) is 18.9 Å². The fourth-order valence-electron chi connectivity index (χ4n) is 1.61. The first-order valence-corrected chi connectivity index (χ1v) is 6.64. The van der Waals surface area contributed by atoms with Gasteiger partial charge in [-0.25, -0.2) is 0 Å². The van der Waals surface area contributed by atoms with Gasteiger partial charge in [0, 0.05) is 11.4 Å². The van der Waals surface area contributed by atoms with Crippen LogP contribution in [0.15, 0.2) is 40.3 Å². The Hall–Kier alpha value is -1.59. The molecule has 2 N–H and O–H groups in total. The number of thiophene rings is 1. The molecule has 1 atom stereocenters. The lowest BCUT2D eigenvalue weighted by atomic mass is 10.2. The Morgan fingerprint density at radius 3 is 3.00 bits per heavy atom. The summed E-state index contributed by atoms with van der Waals surface area (Å²) in [5, 5.41) is 14.5. The minimum absolute atomic E-state index is 0.0240. The van der Waals surface area contributed by atoms with Crippen LogP contribution in [-0.4, -0.2) is 17.6 Å². The number of hydrogen-bond donors (Lipinski definition) is 2. The van der Waals surface area contributed by atoms with E-state index in [1.165, 1.54) is 6.26 Å². The van der Waals surface area contributed by atoms with Crippen molar-refractivity contribution in [1.82, 2.24) is 5.32 Å². The van der Waals surface area contributed by atoms with Crippen LogP contribution in [0, 0.1) is 0 Å². The molecule has 0 aromatic carbocycles. The van der Waals surface area contributed by atoms with Gasteiger partial charge in [0.25, 0.3) is 0 Å². The van der Waals surface area contributed by atoms with Crippen LogP contribution in [0.25, 0.3) is 0 Å². The molecule has 2 aromatic rings. The number of carbonyl (C=O) groups excluding carboxylic acids is 1. The molecule has 0 aliphatic rings. The van der Waals surface area contributed by atoms with Crippen molar-refractivity contribution < 1.29 is 14.3 Å². The maximum Gasteiger partial charge on any atom is 0.225 e. The van der Waals surface area contributed by atoms with Crippen molar-refractivity contribution in [3.63, 3.8) is 0 Å². The molecule has 0 aliphatic carbocycles. The third-order valence-electron chi connectivity index (χ3n) is 2.53. The van der Waals surface area contributed by atoms with E-state index in [1.54, 1.807) is 23.5 Å². The Kier molecular flexibility index (Phi) is 4.55. The molecule has 0 saturated heterocycles. The lowest BCUT2D eigenvalue weighted by Crippen LogP contribution is -2.26. The molecule has 0 aliphatic heterocycles. The summed E-state index contributed by atoms with van der Waals surface area (Å²) in [5.74, 6) is 0.506. The normalized spacial score (nSPS) is 12.3. The maximum atomic E-state index is 11.6. The van der Waals surface area contributed by atoms with Crippen molar-refractivity contribution in [2.75, 3.05) is 6.54 Å². The number of furan rings is 1. The standard InChI is InChI=1S/C13H15NO3S/c15-11(12-4-1-7-17-12)5-6-14-13(16)9-10-3-2-8-18-10/h1-4,7-8,11,15H,5-6,9H2,(H,14,16)/t11-/m1/s1. The van der Waals surface area contributed by atoms with Crippen molar-refractivity contribution >= 4 is 17.2 Å². The van der Waals surface area contributed by atoms with E-state index in [-0.39, 0.29) is 5.91 Å². The molecule has 0 bridgehead atoms. The Morgan fingerprint density at radius 2 is 2.33 bits per heavy atom. The molecule has 2 rings (SSSR count). The summed E-state index contributed by atoms with van der Waals surface area (Å²) in [5.41, 5.74) is 0. The molecule has 0 fully saturated rings. The molecule has 0 unspecified atom stereocenters. The molecule has 2 aromatic heterocycles. The van der Waals surface area contributed by atoms with Crippen LogP contribution in [0.3, 0.4) is 0 Å². The molecule has 0 spiro atoms. The zero-order chi connectivity index (χ0) is 12.8. The molecule has 1 amide bonds. The van der Waals surface area contributed by atoms with Gasteiger partial charge >= 0.3 is 0 Å². The number of carbonyl (C=O) groups is 1. The molecule has 4 nitrogen and oxygen atoms in total. The number of aliphatic hydroxyl groups excluding tert-OH is 1. The van der Waals surface area contributed by atoms with Crippen LogP contribution in [-0.2, 0) is 11.2 Å². The number of amides is 1. The SMILES string of the molecule is O=C(Cc1cccs1)NCC[C@@H](O)c1ccco1. The van der Waals surface area contributed by atoms with Crippen LogP contribution < -0.4 is 5.32 Å². The zero-order valence-electron chi connectivity index (χ0n) is 9.83. The van der Waals surface area contributed by atoms with Gasteiger partial charge in [-0.1, -0.05) is 6.07 Å². The van der Waals surface area contributed by atoms with Crippen molar-refractivity contribution in [3.05, 3.63) is 46.5 Å². The highest BCUT2D eigenvalue weighted by atomic mass is 32.1. The zero-order valence-corrected chi connectivity index (χ0v) is 10.7. The highest BCUT2D eigenvalue weighted by Gasteiger charge is 2.10. The number of rotatable bonds is 6. The quantitative estimate of drug-likeness (QED) is 0.841. The Morgan fingerprint density at radius 1 is 1.44 bits per heavy atom. The largest absolute Gasteiger partial charge is 0.467 e. The summed E-state index contributed by atoms with van der Waals surface area (Å²) in [4.78, 5) is 12.6. The fraction of sp³-hybridized carbons (Fsp3) is 0.308. The van der Waals surface area contributed by atoms with Crippen LogP contribution in [0.5, 0.6) is 0 Å². The van der Waals surface area contributed by atoms with Gasteiger partial charge in [0.2, 0.25) is 5.91 Å². The first-order chi connectivity index (χ1) is 8.75. The van der Waals surface area contributed by atoms with E-state index in [0.717, 1.165) is 4.88 Å². The Balaban J connectivity index is 1.67. The highest BCUT2D eigenvalue weighted by molar-refractivity contribution is 7.10. The van der Waals surface area contributed by atoms with Crippen LogP contribution >= 0.6 is 11.3 Å². The van der Waals surface area contributed by atoms with Gasteiger partial charge in [-0.3, -0.25) is 4.79 Å². The van der Waals surface area contributed by atoms with Gasteiger partial charge in [0.15, 0.2) is 0 Å². The van der Waals surface area contributed by atoms with Crippen LogP contribution in [0.1, 0.15) is 23.2 Å². The van der Waals surface area contributed by atoms with E-state index in [2.05, 4.69) is 5.32 Å². The predicted molar refractivity (Wildman–Crippen MR) is 69.3 cm³/mol. The molecule has 2 heterocycles. The highest BCUT2D eigenvalue weighted by Crippen LogP contribution is 2.15. The first-order valence-electron chi connectivity index (χ1n) is 5.76. The van der Waals surface area contributed by atoms with Crippen molar-refractivity contribution in [2.24, 2.45) is 0 Å². The van der Waals surface area contributed by atoms with Crippen molar-refractivity contribution in [1.29, 1.82) is 0 Å². The number of nitrogens with one attached hydrogen (secondary N) is 1. The minimum Gasteiger partial charge on any atom is -0.467 e. The van der Waals surface area contributed by atoms with Gasteiger partial charge in [-0.2, -0.15) is 0 Å². The number of hydrogen-bond acceptors (Lipinski definition) is 4. The van der Waals surface area contributed by atoms with Gasteiger partial charge in [0.1, 0.15) is 11.9 Å². The van der Waals surface area contributed by atoms with E-state index in [9.17, 15) is 9.90 Å². The lowest BCUT2D eigenvalue weighted by Gasteiger charge is -2.08.